The summed E-state index contributed by atoms with van der Waals surface area (Å²) in [5, 5.41) is 18.2. The number of benzene rings is 1. The number of carbonyl (C=O) groups is 1. The van der Waals surface area contributed by atoms with Crippen LogP contribution in [0.5, 0.6) is 0 Å². The molecule has 17 heavy (non-hydrogen) atoms. The molecule has 1 aromatic rings. The highest BCUT2D eigenvalue weighted by Crippen LogP contribution is 2.38. The molecular formula is C12H15NO3S. The number of thioether (sulfide) groups is 1. The number of hydrogen-bond acceptors (Lipinski definition) is 4. The highest BCUT2D eigenvalue weighted by atomic mass is 32.2. The molecule has 0 saturated carbocycles. The molecule has 0 aliphatic carbocycles. The second-order valence-electron chi connectivity index (χ2n) is 3.96. The van der Waals surface area contributed by atoms with Gasteiger partial charge in [0, 0.05) is 0 Å². The maximum absolute atomic E-state index is 11.7. The van der Waals surface area contributed by atoms with Crippen LogP contribution in [0.3, 0.4) is 0 Å². The average molecular weight is 253 g/mol. The zero-order chi connectivity index (χ0) is 12.3. The van der Waals surface area contributed by atoms with Crippen molar-refractivity contribution in [3.63, 3.8) is 0 Å². The van der Waals surface area contributed by atoms with Gasteiger partial charge < -0.3 is 15.1 Å². The molecule has 1 amide bonds. The number of β-amino-alcohol motifs (C(OH)–C–C–N with tert-alkyl or cyclic N) is 1. The number of aliphatic hydroxyl groups excluding tert-OH is 2. The summed E-state index contributed by atoms with van der Waals surface area (Å²) in [6.07, 6.45) is -0.871. The van der Waals surface area contributed by atoms with Crippen LogP contribution in [-0.2, 0) is 4.79 Å². The van der Waals surface area contributed by atoms with E-state index in [9.17, 15) is 9.90 Å². The predicted octanol–water partition coefficient (Wildman–Crippen LogP) is 0.614. The molecule has 2 rings (SSSR count). The molecule has 1 aromatic carbocycles. The Hall–Kier alpha value is -1.04. The van der Waals surface area contributed by atoms with Crippen LogP contribution in [0.25, 0.3) is 0 Å². The van der Waals surface area contributed by atoms with E-state index < -0.39 is 6.10 Å². The monoisotopic (exact) mass is 253 g/mol. The standard InChI is InChI=1S/C12H15NO3S/c14-7-10(15)6-13-11(16)8-17-12(13)9-4-2-1-3-5-9/h1-5,10,12,14-15H,6-8H2. The molecule has 1 heterocycles. The fourth-order valence-corrected chi connectivity index (χ4v) is 3.03. The molecule has 92 valence electrons. The van der Waals surface area contributed by atoms with Crippen LogP contribution in [-0.4, -0.2) is 46.0 Å². The molecular weight excluding hydrogens is 238 g/mol. The van der Waals surface area contributed by atoms with Crippen LogP contribution in [0.2, 0.25) is 0 Å². The molecule has 2 N–H and O–H groups in total. The first-order chi connectivity index (χ1) is 8.22. The van der Waals surface area contributed by atoms with E-state index >= 15 is 0 Å². The third kappa shape index (κ3) is 2.80. The highest BCUT2D eigenvalue weighted by molar-refractivity contribution is 8.00. The Balaban J connectivity index is 2.14. The van der Waals surface area contributed by atoms with Gasteiger partial charge in [0.15, 0.2) is 0 Å². The summed E-state index contributed by atoms with van der Waals surface area (Å²) in [7, 11) is 0. The summed E-state index contributed by atoms with van der Waals surface area (Å²) in [6, 6.07) is 9.72. The van der Waals surface area contributed by atoms with Gasteiger partial charge in [0.2, 0.25) is 5.91 Å². The molecule has 0 radical (unpaired) electrons. The molecule has 0 bridgehead atoms. The van der Waals surface area contributed by atoms with Crippen molar-refractivity contribution in [1.82, 2.24) is 4.90 Å². The third-order valence-electron chi connectivity index (χ3n) is 2.67. The van der Waals surface area contributed by atoms with E-state index in [0.717, 1.165) is 5.56 Å². The Kier molecular flexibility index (Phi) is 4.04. The van der Waals surface area contributed by atoms with Gasteiger partial charge in [-0.3, -0.25) is 4.79 Å². The first-order valence-corrected chi connectivity index (χ1v) is 6.52. The lowest BCUT2D eigenvalue weighted by atomic mass is 10.2. The van der Waals surface area contributed by atoms with Crippen LogP contribution in [0.1, 0.15) is 10.9 Å². The van der Waals surface area contributed by atoms with Gasteiger partial charge in [0.1, 0.15) is 5.37 Å². The van der Waals surface area contributed by atoms with E-state index in [2.05, 4.69) is 0 Å². The van der Waals surface area contributed by atoms with Crippen molar-refractivity contribution >= 4 is 17.7 Å². The van der Waals surface area contributed by atoms with Crippen LogP contribution in [0, 0.1) is 0 Å². The number of hydrogen-bond donors (Lipinski definition) is 2. The Labute approximate surface area is 104 Å². The number of carbonyl (C=O) groups excluding carboxylic acids is 1. The molecule has 1 aliphatic heterocycles. The summed E-state index contributed by atoms with van der Waals surface area (Å²) < 4.78 is 0. The normalized spacial score (nSPS) is 21.9. The molecule has 1 aliphatic rings. The Bertz CT molecular complexity index is 385. The maximum atomic E-state index is 11.7. The Morgan fingerprint density at radius 1 is 1.41 bits per heavy atom. The molecule has 1 fully saturated rings. The minimum atomic E-state index is -0.871. The molecule has 5 heteroatoms. The van der Waals surface area contributed by atoms with Crippen molar-refractivity contribution in [1.29, 1.82) is 0 Å². The van der Waals surface area contributed by atoms with E-state index in [1.54, 1.807) is 16.7 Å². The molecule has 2 atom stereocenters. The van der Waals surface area contributed by atoms with Crippen LogP contribution in [0.15, 0.2) is 30.3 Å². The minimum Gasteiger partial charge on any atom is -0.394 e. The second-order valence-corrected chi connectivity index (χ2v) is 5.03. The maximum Gasteiger partial charge on any atom is 0.233 e. The van der Waals surface area contributed by atoms with E-state index in [1.807, 2.05) is 30.3 Å². The zero-order valence-electron chi connectivity index (χ0n) is 9.32. The van der Waals surface area contributed by atoms with E-state index in [0.29, 0.717) is 5.75 Å². The summed E-state index contributed by atoms with van der Waals surface area (Å²) in [5.74, 6) is 0.439. The van der Waals surface area contributed by atoms with Crippen molar-refractivity contribution in [2.24, 2.45) is 0 Å². The van der Waals surface area contributed by atoms with Crippen LogP contribution >= 0.6 is 11.8 Å². The molecule has 0 spiro atoms. The Morgan fingerprint density at radius 3 is 2.76 bits per heavy atom. The molecule has 4 nitrogen and oxygen atoms in total. The first-order valence-electron chi connectivity index (χ1n) is 5.47. The lowest BCUT2D eigenvalue weighted by molar-refractivity contribution is -0.129. The summed E-state index contributed by atoms with van der Waals surface area (Å²) in [4.78, 5) is 13.3. The largest absolute Gasteiger partial charge is 0.394 e. The molecule has 1 saturated heterocycles. The topological polar surface area (TPSA) is 60.8 Å². The van der Waals surface area contributed by atoms with Gasteiger partial charge in [-0.25, -0.2) is 0 Å². The predicted molar refractivity (Wildman–Crippen MR) is 66.4 cm³/mol. The van der Waals surface area contributed by atoms with Crippen LogP contribution < -0.4 is 0 Å². The zero-order valence-corrected chi connectivity index (χ0v) is 10.1. The van der Waals surface area contributed by atoms with Gasteiger partial charge in [0.25, 0.3) is 0 Å². The van der Waals surface area contributed by atoms with Crippen molar-refractivity contribution in [3.8, 4) is 0 Å². The van der Waals surface area contributed by atoms with E-state index in [-0.39, 0.29) is 24.4 Å². The van der Waals surface area contributed by atoms with Gasteiger partial charge in [-0.15, -0.1) is 11.8 Å². The summed E-state index contributed by atoms with van der Waals surface area (Å²) in [5.41, 5.74) is 1.05. The van der Waals surface area contributed by atoms with Crippen molar-refractivity contribution in [2.45, 2.75) is 11.5 Å². The van der Waals surface area contributed by atoms with Gasteiger partial charge in [-0.1, -0.05) is 30.3 Å². The van der Waals surface area contributed by atoms with Crippen molar-refractivity contribution in [3.05, 3.63) is 35.9 Å². The SMILES string of the molecule is O=C1CSC(c2ccccc2)N1CC(O)CO. The number of rotatable bonds is 4. The number of aliphatic hydroxyl groups is 2. The second kappa shape index (κ2) is 5.53. The minimum absolute atomic E-state index is 0.0105. The van der Waals surface area contributed by atoms with Gasteiger partial charge in [0.05, 0.1) is 25.0 Å². The van der Waals surface area contributed by atoms with E-state index in [4.69, 9.17) is 5.11 Å². The van der Waals surface area contributed by atoms with Crippen LogP contribution in [0.4, 0.5) is 0 Å². The van der Waals surface area contributed by atoms with Gasteiger partial charge >= 0.3 is 0 Å². The van der Waals surface area contributed by atoms with Crippen molar-refractivity contribution < 1.29 is 15.0 Å². The number of nitrogens with zero attached hydrogens (tertiary/aromatic N) is 1. The highest BCUT2D eigenvalue weighted by Gasteiger charge is 2.33. The van der Waals surface area contributed by atoms with E-state index in [1.165, 1.54) is 0 Å². The lowest BCUT2D eigenvalue weighted by Gasteiger charge is -2.25. The Morgan fingerprint density at radius 2 is 2.12 bits per heavy atom. The summed E-state index contributed by atoms with van der Waals surface area (Å²) in [6.45, 7) is -0.141. The number of amides is 1. The van der Waals surface area contributed by atoms with Gasteiger partial charge in [-0.2, -0.15) is 0 Å². The average Bonchev–Trinajstić information content (AvgIpc) is 2.72. The summed E-state index contributed by atoms with van der Waals surface area (Å²) >= 11 is 1.55. The third-order valence-corrected chi connectivity index (χ3v) is 3.93. The molecule has 2 unspecified atom stereocenters. The molecule has 0 aromatic heterocycles. The smallest absolute Gasteiger partial charge is 0.233 e. The fourth-order valence-electron chi connectivity index (χ4n) is 1.83. The van der Waals surface area contributed by atoms with Gasteiger partial charge in [-0.05, 0) is 5.56 Å². The quantitative estimate of drug-likeness (QED) is 0.825. The van der Waals surface area contributed by atoms with Crippen molar-refractivity contribution in [2.75, 3.05) is 18.9 Å². The first kappa shape index (κ1) is 12.4. The fraction of sp³-hybridized carbons (Fsp3) is 0.417. The lowest BCUT2D eigenvalue weighted by Crippen LogP contribution is -2.37.